The first-order valence-electron chi connectivity index (χ1n) is 12.5. The summed E-state index contributed by atoms with van der Waals surface area (Å²) < 4.78 is 22.6. The van der Waals surface area contributed by atoms with Gasteiger partial charge in [0, 0.05) is 18.2 Å². The SMILES string of the molecule is COC(=O)c1cc(OCc2ccccc2[N+](=O)[O-])c(OCc2ccccc2[N+](=O)[O-])c(OCc2ccccc2[N+](=O)[O-])c1. The molecule has 0 aliphatic carbocycles. The molecule has 0 saturated heterocycles. The van der Waals surface area contributed by atoms with Crippen LogP contribution in [0.2, 0.25) is 0 Å². The van der Waals surface area contributed by atoms with Gasteiger partial charge < -0.3 is 18.9 Å². The van der Waals surface area contributed by atoms with Crippen molar-refractivity contribution in [1.82, 2.24) is 0 Å². The van der Waals surface area contributed by atoms with Gasteiger partial charge in [-0.3, -0.25) is 30.3 Å². The van der Waals surface area contributed by atoms with Crippen LogP contribution in [0.5, 0.6) is 17.2 Å². The summed E-state index contributed by atoms with van der Waals surface area (Å²) in [5, 5.41) is 34.6. The summed E-state index contributed by atoms with van der Waals surface area (Å²) >= 11 is 0. The highest BCUT2D eigenvalue weighted by Crippen LogP contribution is 2.41. The maximum absolute atomic E-state index is 12.5. The molecule has 0 amide bonds. The Balaban J connectivity index is 1.78. The Morgan fingerprint density at radius 3 is 1.30 bits per heavy atom. The van der Waals surface area contributed by atoms with Crippen molar-refractivity contribution in [2.45, 2.75) is 19.8 Å². The van der Waals surface area contributed by atoms with Crippen LogP contribution in [0.1, 0.15) is 27.0 Å². The number of hydrogen-bond donors (Lipinski definition) is 0. The third-order valence-electron chi connectivity index (χ3n) is 6.15. The minimum atomic E-state index is -0.781. The predicted octanol–water partition coefficient (Wildman–Crippen LogP) is 5.93. The Kier molecular flexibility index (Phi) is 9.42. The molecule has 4 aromatic carbocycles. The number of nitro benzene ring substituents is 3. The van der Waals surface area contributed by atoms with Gasteiger partial charge in [0.25, 0.3) is 17.1 Å². The fourth-order valence-electron chi connectivity index (χ4n) is 4.06. The van der Waals surface area contributed by atoms with Crippen LogP contribution in [0.15, 0.2) is 84.9 Å². The third kappa shape index (κ3) is 7.18. The van der Waals surface area contributed by atoms with Gasteiger partial charge in [0.2, 0.25) is 5.75 Å². The Morgan fingerprint density at radius 2 is 0.953 bits per heavy atom. The average Bonchev–Trinajstić information content (AvgIpc) is 3.01. The van der Waals surface area contributed by atoms with Crippen molar-refractivity contribution in [3.8, 4) is 17.2 Å². The number of benzene rings is 4. The van der Waals surface area contributed by atoms with Crippen molar-refractivity contribution in [1.29, 1.82) is 0 Å². The lowest BCUT2D eigenvalue weighted by Crippen LogP contribution is -2.09. The van der Waals surface area contributed by atoms with Gasteiger partial charge in [0.1, 0.15) is 19.8 Å². The van der Waals surface area contributed by atoms with Crippen LogP contribution in [0.3, 0.4) is 0 Å². The van der Waals surface area contributed by atoms with Crippen molar-refractivity contribution < 1.29 is 38.5 Å². The van der Waals surface area contributed by atoms with E-state index in [1.165, 1.54) is 66.7 Å². The monoisotopic (exact) mass is 589 g/mol. The highest BCUT2D eigenvalue weighted by molar-refractivity contribution is 5.91. The molecule has 0 saturated carbocycles. The first-order chi connectivity index (χ1) is 20.7. The summed E-state index contributed by atoms with van der Waals surface area (Å²) in [6.07, 6.45) is 0. The fraction of sp³-hybridized carbons (Fsp3) is 0.138. The second-order valence-corrected chi connectivity index (χ2v) is 8.82. The molecule has 0 heterocycles. The number of methoxy groups -OCH3 is 1. The van der Waals surface area contributed by atoms with E-state index in [1.54, 1.807) is 18.2 Å². The van der Waals surface area contributed by atoms with E-state index < -0.39 is 20.7 Å². The first kappa shape index (κ1) is 29.9. The minimum Gasteiger partial charge on any atom is -0.485 e. The summed E-state index contributed by atoms with van der Waals surface area (Å²) in [5.41, 5.74) is -0.0392. The smallest absolute Gasteiger partial charge is 0.338 e. The van der Waals surface area contributed by atoms with E-state index in [-0.39, 0.29) is 76.4 Å². The van der Waals surface area contributed by atoms with Crippen molar-refractivity contribution in [3.05, 3.63) is 138 Å². The van der Waals surface area contributed by atoms with Crippen molar-refractivity contribution in [2.24, 2.45) is 0 Å². The first-order valence-corrected chi connectivity index (χ1v) is 12.5. The van der Waals surface area contributed by atoms with Crippen LogP contribution in [0, 0.1) is 30.3 Å². The summed E-state index contributed by atoms with van der Waals surface area (Å²) in [6.45, 7) is -0.987. The van der Waals surface area contributed by atoms with Crippen LogP contribution in [0.4, 0.5) is 17.1 Å². The van der Waals surface area contributed by atoms with E-state index in [9.17, 15) is 35.1 Å². The number of hydrogen-bond acceptors (Lipinski definition) is 11. The van der Waals surface area contributed by atoms with E-state index in [1.807, 2.05) is 0 Å². The van der Waals surface area contributed by atoms with Gasteiger partial charge in [-0.2, -0.15) is 0 Å². The van der Waals surface area contributed by atoms with Crippen molar-refractivity contribution in [2.75, 3.05) is 7.11 Å². The maximum atomic E-state index is 12.5. The quantitative estimate of drug-likeness (QED) is 0.102. The van der Waals surface area contributed by atoms with Gasteiger partial charge in [-0.1, -0.05) is 36.4 Å². The summed E-state index contributed by atoms with van der Waals surface area (Å²) in [6, 6.07) is 20.2. The Bertz CT molecular complexity index is 1610. The number of rotatable bonds is 13. The van der Waals surface area contributed by atoms with Crippen LogP contribution < -0.4 is 14.2 Å². The number of para-hydroxylation sites is 3. The van der Waals surface area contributed by atoms with Gasteiger partial charge in [-0.25, -0.2) is 4.79 Å². The normalized spacial score (nSPS) is 10.4. The molecule has 14 heteroatoms. The molecule has 0 radical (unpaired) electrons. The number of carbonyl (C=O) groups is 1. The molecule has 0 fully saturated rings. The largest absolute Gasteiger partial charge is 0.485 e. The number of ether oxygens (including phenoxy) is 4. The van der Waals surface area contributed by atoms with E-state index in [0.29, 0.717) is 0 Å². The zero-order valence-electron chi connectivity index (χ0n) is 22.5. The Hall–Kier alpha value is -6.05. The molecule has 4 aromatic rings. The number of nitrogens with zero attached hydrogens (tertiary/aromatic N) is 3. The molecule has 0 aromatic heterocycles. The van der Waals surface area contributed by atoms with Gasteiger partial charge in [0.15, 0.2) is 11.5 Å². The zero-order valence-corrected chi connectivity index (χ0v) is 22.5. The molecule has 14 nitrogen and oxygen atoms in total. The van der Waals surface area contributed by atoms with Gasteiger partial charge in [-0.05, 0) is 30.3 Å². The van der Waals surface area contributed by atoms with Gasteiger partial charge in [0.05, 0.1) is 44.1 Å². The fourth-order valence-corrected chi connectivity index (χ4v) is 4.06. The van der Waals surface area contributed by atoms with Crippen LogP contribution >= 0.6 is 0 Å². The van der Waals surface area contributed by atoms with E-state index >= 15 is 0 Å². The van der Waals surface area contributed by atoms with Gasteiger partial charge in [-0.15, -0.1) is 0 Å². The Labute approximate surface area is 243 Å². The molecule has 0 atom stereocenters. The van der Waals surface area contributed by atoms with Crippen molar-refractivity contribution in [3.63, 3.8) is 0 Å². The molecular formula is C29H23N3O11. The number of nitro groups is 3. The minimum absolute atomic E-state index is 0.0457. The van der Waals surface area contributed by atoms with E-state index in [4.69, 9.17) is 18.9 Å². The zero-order chi connectivity index (χ0) is 30.9. The lowest BCUT2D eigenvalue weighted by Gasteiger charge is -2.18. The molecule has 4 rings (SSSR count). The van der Waals surface area contributed by atoms with Gasteiger partial charge >= 0.3 is 5.97 Å². The third-order valence-corrected chi connectivity index (χ3v) is 6.15. The second-order valence-electron chi connectivity index (χ2n) is 8.82. The second kappa shape index (κ2) is 13.5. The maximum Gasteiger partial charge on any atom is 0.338 e. The summed E-state index contributed by atoms with van der Waals surface area (Å²) in [4.78, 5) is 45.4. The molecule has 220 valence electrons. The molecule has 0 unspecified atom stereocenters. The van der Waals surface area contributed by atoms with Crippen LogP contribution in [-0.2, 0) is 24.6 Å². The van der Waals surface area contributed by atoms with Crippen LogP contribution in [-0.4, -0.2) is 27.8 Å². The molecular weight excluding hydrogens is 566 g/mol. The molecule has 0 bridgehead atoms. The molecule has 43 heavy (non-hydrogen) atoms. The average molecular weight is 590 g/mol. The van der Waals surface area contributed by atoms with E-state index in [2.05, 4.69) is 0 Å². The topological polar surface area (TPSA) is 183 Å². The predicted molar refractivity (Wildman–Crippen MR) is 150 cm³/mol. The van der Waals surface area contributed by atoms with Crippen LogP contribution in [0.25, 0.3) is 0 Å². The lowest BCUT2D eigenvalue weighted by molar-refractivity contribution is -0.386. The number of carbonyl (C=O) groups excluding carboxylic acids is 1. The molecule has 0 spiro atoms. The number of esters is 1. The molecule has 0 aliphatic heterocycles. The summed E-state index contributed by atoms with van der Waals surface area (Å²) in [7, 11) is 1.16. The van der Waals surface area contributed by atoms with E-state index in [0.717, 1.165) is 7.11 Å². The molecule has 0 N–H and O–H groups in total. The highest BCUT2D eigenvalue weighted by Gasteiger charge is 2.23. The van der Waals surface area contributed by atoms with Crippen molar-refractivity contribution >= 4 is 23.0 Å². The Morgan fingerprint density at radius 1 is 0.605 bits per heavy atom. The highest BCUT2D eigenvalue weighted by atomic mass is 16.6. The standard InChI is InChI=1S/C29H23N3O11/c1-40-29(33)22-14-26(41-16-19-8-2-5-11-23(19)30(34)35)28(43-18-21-10-4-7-13-25(21)32(38)39)27(15-22)42-17-20-9-3-6-12-24(20)31(36)37/h2-15H,16-18H2,1H3. The lowest BCUT2D eigenvalue weighted by atomic mass is 10.1. The molecule has 0 aliphatic rings. The summed E-state index contributed by atoms with van der Waals surface area (Å²) in [5.74, 6) is -1.09.